The second-order valence-corrected chi connectivity index (χ2v) is 4.41. The van der Waals surface area contributed by atoms with Gasteiger partial charge in [-0.05, 0) is 12.8 Å². The van der Waals surface area contributed by atoms with Crippen LogP contribution >= 0.6 is 0 Å². The highest BCUT2D eigenvalue weighted by Crippen LogP contribution is 2.20. The van der Waals surface area contributed by atoms with E-state index in [4.69, 9.17) is 4.74 Å². The van der Waals surface area contributed by atoms with Crippen molar-refractivity contribution in [2.75, 3.05) is 6.61 Å². The minimum absolute atomic E-state index is 0.351. The highest BCUT2D eigenvalue weighted by molar-refractivity contribution is 4.68. The van der Waals surface area contributed by atoms with Gasteiger partial charge in [-0.25, -0.2) is 0 Å². The average molecular weight is 225 g/mol. The number of rotatable bonds is 5. The van der Waals surface area contributed by atoms with E-state index in [0.717, 1.165) is 12.8 Å². The van der Waals surface area contributed by atoms with Gasteiger partial charge in [-0.3, -0.25) is 0 Å². The van der Waals surface area contributed by atoms with Crippen LogP contribution in [0, 0.1) is 0 Å². The predicted molar refractivity (Wildman–Crippen MR) is 58.9 cm³/mol. The molecule has 0 aromatic carbocycles. The molecule has 1 aromatic heterocycles. The zero-order valence-corrected chi connectivity index (χ0v) is 9.46. The third kappa shape index (κ3) is 3.57. The Morgan fingerprint density at radius 3 is 2.62 bits per heavy atom. The van der Waals surface area contributed by atoms with Gasteiger partial charge in [0.2, 0.25) is 0 Å². The summed E-state index contributed by atoms with van der Waals surface area (Å²) in [6.07, 6.45) is 9.19. The number of nitrogens with zero attached hydrogens (tertiary/aromatic N) is 3. The van der Waals surface area contributed by atoms with E-state index >= 15 is 0 Å². The smallest absolute Gasteiger partial charge is 0.119 e. The topological polar surface area (TPSA) is 60.2 Å². The summed E-state index contributed by atoms with van der Waals surface area (Å²) in [5.41, 5.74) is 0. The van der Waals surface area contributed by atoms with E-state index in [1.54, 1.807) is 17.2 Å². The molecule has 1 aliphatic carbocycles. The Morgan fingerprint density at radius 2 is 1.94 bits per heavy atom. The maximum absolute atomic E-state index is 9.75. The van der Waals surface area contributed by atoms with E-state index in [0.29, 0.717) is 19.3 Å². The van der Waals surface area contributed by atoms with Crippen LogP contribution in [0.4, 0.5) is 0 Å². The Bertz CT molecular complexity index is 283. The van der Waals surface area contributed by atoms with E-state index < -0.39 is 6.10 Å². The van der Waals surface area contributed by atoms with Crippen molar-refractivity contribution >= 4 is 0 Å². The van der Waals surface area contributed by atoms with Crippen molar-refractivity contribution in [2.45, 2.75) is 50.9 Å². The summed E-state index contributed by atoms with van der Waals surface area (Å²) in [5.74, 6) is 0. The van der Waals surface area contributed by atoms with Crippen LogP contribution in [0.1, 0.15) is 32.1 Å². The molecule has 16 heavy (non-hydrogen) atoms. The molecular formula is C11H19N3O2. The molecule has 0 spiro atoms. The van der Waals surface area contributed by atoms with Gasteiger partial charge in [-0.15, -0.1) is 10.2 Å². The Labute approximate surface area is 95.4 Å². The lowest BCUT2D eigenvalue weighted by atomic mass is 9.98. The summed E-state index contributed by atoms with van der Waals surface area (Å²) in [4.78, 5) is 0. The number of aromatic nitrogens is 3. The highest BCUT2D eigenvalue weighted by atomic mass is 16.5. The predicted octanol–water partition coefficient (Wildman–Crippen LogP) is 0.988. The lowest BCUT2D eigenvalue weighted by Gasteiger charge is -2.23. The zero-order chi connectivity index (χ0) is 11.2. The molecule has 1 aromatic rings. The van der Waals surface area contributed by atoms with Crippen molar-refractivity contribution in [1.82, 2.24) is 14.8 Å². The molecule has 2 rings (SSSR count). The number of hydrogen-bond acceptors (Lipinski definition) is 4. The van der Waals surface area contributed by atoms with Crippen molar-refractivity contribution < 1.29 is 9.84 Å². The molecule has 90 valence electrons. The Morgan fingerprint density at radius 1 is 1.25 bits per heavy atom. The number of aliphatic hydroxyl groups excluding tert-OH is 1. The van der Waals surface area contributed by atoms with Gasteiger partial charge < -0.3 is 14.4 Å². The Kier molecular flexibility index (Phi) is 4.30. The Balaban J connectivity index is 1.65. The van der Waals surface area contributed by atoms with Crippen LogP contribution in [0.25, 0.3) is 0 Å². The SMILES string of the molecule is OC(COC1CCCCC1)Cn1cnnc1. The van der Waals surface area contributed by atoms with Gasteiger partial charge in [0.1, 0.15) is 12.7 Å². The van der Waals surface area contributed by atoms with E-state index in [9.17, 15) is 5.11 Å². The van der Waals surface area contributed by atoms with Crippen molar-refractivity contribution in [3.63, 3.8) is 0 Å². The molecule has 1 unspecified atom stereocenters. The molecule has 5 nitrogen and oxygen atoms in total. The molecule has 1 aliphatic rings. The maximum atomic E-state index is 9.75. The highest BCUT2D eigenvalue weighted by Gasteiger charge is 2.15. The van der Waals surface area contributed by atoms with Gasteiger partial charge in [0.25, 0.3) is 0 Å². The van der Waals surface area contributed by atoms with Crippen molar-refractivity contribution in [2.24, 2.45) is 0 Å². The molecular weight excluding hydrogens is 206 g/mol. The minimum atomic E-state index is -0.474. The zero-order valence-electron chi connectivity index (χ0n) is 9.46. The summed E-state index contributed by atoms with van der Waals surface area (Å²) in [7, 11) is 0. The molecule has 0 radical (unpaired) electrons. The van der Waals surface area contributed by atoms with Gasteiger partial charge >= 0.3 is 0 Å². The average Bonchev–Trinajstić information content (AvgIpc) is 2.81. The van der Waals surface area contributed by atoms with Crippen LogP contribution in [0.3, 0.4) is 0 Å². The molecule has 5 heteroatoms. The van der Waals surface area contributed by atoms with Crippen LogP contribution in [-0.4, -0.2) is 38.7 Å². The third-order valence-electron chi connectivity index (χ3n) is 2.96. The summed E-state index contributed by atoms with van der Waals surface area (Å²) in [6.45, 7) is 0.905. The first kappa shape index (κ1) is 11.5. The number of aliphatic hydroxyl groups is 1. The fraction of sp³-hybridized carbons (Fsp3) is 0.818. The third-order valence-corrected chi connectivity index (χ3v) is 2.96. The largest absolute Gasteiger partial charge is 0.389 e. The second-order valence-electron chi connectivity index (χ2n) is 4.41. The fourth-order valence-electron chi connectivity index (χ4n) is 2.09. The van der Waals surface area contributed by atoms with Crippen LogP contribution in [0.2, 0.25) is 0 Å². The number of hydrogen-bond donors (Lipinski definition) is 1. The van der Waals surface area contributed by atoms with Crippen LogP contribution in [-0.2, 0) is 11.3 Å². The normalized spacial score (nSPS) is 19.8. The first-order chi connectivity index (χ1) is 7.84. The van der Waals surface area contributed by atoms with E-state index in [1.807, 2.05) is 0 Å². The van der Waals surface area contributed by atoms with Gasteiger partial charge in [0, 0.05) is 0 Å². The molecule has 1 atom stereocenters. The Hall–Kier alpha value is -0.940. The molecule has 0 bridgehead atoms. The molecule has 1 fully saturated rings. The van der Waals surface area contributed by atoms with Crippen molar-refractivity contribution in [3.05, 3.63) is 12.7 Å². The monoisotopic (exact) mass is 225 g/mol. The lowest BCUT2D eigenvalue weighted by Crippen LogP contribution is -2.26. The van der Waals surface area contributed by atoms with Gasteiger partial charge in [-0.2, -0.15) is 0 Å². The summed E-state index contributed by atoms with van der Waals surface area (Å²) >= 11 is 0. The first-order valence-electron chi connectivity index (χ1n) is 5.96. The van der Waals surface area contributed by atoms with Crippen LogP contribution < -0.4 is 0 Å². The van der Waals surface area contributed by atoms with E-state index in [1.165, 1.54) is 19.3 Å². The number of ether oxygens (including phenoxy) is 1. The van der Waals surface area contributed by atoms with E-state index in [2.05, 4.69) is 10.2 Å². The molecule has 1 N–H and O–H groups in total. The van der Waals surface area contributed by atoms with Crippen molar-refractivity contribution in [3.8, 4) is 0 Å². The molecule has 0 saturated heterocycles. The van der Waals surface area contributed by atoms with E-state index in [-0.39, 0.29) is 0 Å². The first-order valence-corrected chi connectivity index (χ1v) is 5.96. The fourth-order valence-corrected chi connectivity index (χ4v) is 2.09. The quantitative estimate of drug-likeness (QED) is 0.811. The van der Waals surface area contributed by atoms with Crippen molar-refractivity contribution in [1.29, 1.82) is 0 Å². The summed E-state index contributed by atoms with van der Waals surface area (Å²) < 4.78 is 7.45. The van der Waals surface area contributed by atoms with Crippen LogP contribution in [0.15, 0.2) is 12.7 Å². The summed E-state index contributed by atoms with van der Waals surface area (Å²) in [5, 5.41) is 17.1. The van der Waals surface area contributed by atoms with Crippen LogP contribution in [0.5, 0.6) is 0 Å². The maximum Gasteiger partial charge on any atom is 0.119 e. The minimum Gasteiger partial charge on any atom is -0.389 e. The van der Waals surface area contributed by atoms with Gasteiger partial charge in [0.15, 0.2) is 0 Å². The van der Waals surface area contributed by atoms with Gasteiger partial charge in [-0.1, -0.05) is 19.3 Å². The second kappa shape index (κ2) is 5.96. The summed E-state index contributed by atoms with van der Waals surface area (Å²) in [6, 6.07) is 0. The molecule has 1 saturated carbocycles. The lowest BCUT2D eigenvalue weighted by molar-refractivity contribution is -0.0283. The standard InChI is InChI=1S/C11H19N3O2/c15-10(6-14-8-12-13-9-14)7-16-11-4-2-1-3-5-11/h8-11,15H,1-7H2. The molecule has 0 aliphatic heterocycles. The molecule has 0 amide bonds. The van der Waals surface area contributed by atoms with Gasteiger partial charge in [0.05, 0.1) is 25.4 Å². The molecule has 1 heterocycles.